The van der Waals surface area contributed by atoms with Crippen molar-refractivity contribution in [2.45, 2.75) is 44.6 Å². The molecule has 11 heteroatoms. The van der Waals surface area contributed by atoms with Crippen molar-refractivity contribution >= 4 is 17.4 Å². The van der Waals surface area contributed by atoms with Crippen molar-refractivity contribution in [2.75, 3.05) is 36.1 Å². The van der Waals surface area contributed by atoms with Crippen LogP contribution in [0.15, 0.2) is 30.3 Å². The fourth-order valence-electron chi connectivity index (χ4n) is 4.37. The van der Waals surface area contributed by atoms with Crippen LogP contribution in [0.4, 0.5) is 33.5 Å². The van der Waals surface area contributed by atoms with E-state index < -0.39 is 35.3 Å². The number of rotatable bonds is 6. The number of likely N-dealkylation sites (N-methyl/N-ethyl adjacent to an activating group) is 1. The van der Waals surface area contributed by atoms with E-state index in [2.05, 4.69) is 10.3 Å². The Balaban J connectivity index is 1.67. The molecule has 1 N–H and O–H groups in total. The minimum absolute atomic E-state index is 0.0428. The summed E-state index contributed by atoms with van der Waals surface area (Å²) in [4.78, 5) is 20.8. The van der Waals surface area contributed by atoms with Gasteiger partial charge >= 0.3 is 6.18 Å². The quantitative estimate of drug-likeness (QED) is 0.635. The number of hydrogen-bond donors (Lipinski definition) is 1. The van der Waals surface area contributed by atoms with Gasteiger partial charge in [-0.2, -0.15) is 13.2 Å². The number of carbonyl (C=O) groups is 1. The van der Waals surface area contributed by atoms with Crippen LogP contribution in [0.2, 0.25) is 0 Å². The van der Waals surface area contributed by atoms with E-state index in [-0.39, 0.29) is 42.4 Å². The molecule has 2 aliphatic rings. The maximum atomic E-state index is 13.8. The molecule has 4 rings (SSSR count). The van der Waals surface area contributed by atoms with Crippen LogP contribution in [0.25, 0.3) is 0 Å². The molecule has 1 aromatic carbocycles. The second-order valence-corrected chi connectivity index (χ2v) is 8.54. The number of hydrogen-bond acceptors (Lipinski definition) is 5. The van der Waals surface area contributed by atoms with E-state index in [0.717, 1.165) is 24.3 Å². The Morgan fingerprint density at radius 3 is 2.50 bits per heavy atom. The number of nitrogens with one attached hydrogen (secondary N) is 1. The van der Waals surface area contributed by atoms with E-state index in [1.165, 1.54) is 17.9 Å². The van der Waals surface area contributed by atoms with Crippen LogP contribution in [-0.4, -0.2) is 55.3 Å². The summed E-state index contributed by atoms with van der Waals surface area (Å²) in [5, 5.41) is 3.38. The number of halogens is 5. The van der Waals surface area contributed by atoms with Crippen LogP contribution in [0.3, 0.4) is 0 Å². The molecular weight excluding hydrogens is 459 g/mol. The summed E-state index contributed by atoms with van der Waals surface area (Å²) in [5.74, 6) is -2.52. The van der Waals surface area contributed by atoms with Crippen molar-refractivity contribution in [3.8, 4) is 0 Å². The Bertz CT molecular complexity index is 1060. The van der Waals surface area contributed by atoms with E-state index in [4.69, 9.17) is 4.74 Å². The summed E-state index contributed by atoms with van der Waals surface area (Å²) in [6, 6.07) is 4.13. The van der Waals surface area contributed by atoms with Crippen molar-refractivity contribution in [2.24, 2.45) is 0 Å². The molecule has 1 amide bonds. The van der Waals surface area contributed by atoms with Crippen molar-refractivity contribution in [3.63, 3.8) is 0 Å². The molecule has 6 nitrogen and oxygen atoms in total. The Kier molecular flexibility index (Phi) is 6.77. The predicted octanol–water partition coefficient (Wildman–Crippen LogP) is 3.68. The number of pyridine rings is 1. The van der Waals surface area contributed by atoms with E-state index >= 15 is 0 Å². The first-order chi connectivity index (χ1) is 16.1. The molecule has 0 radical (unpaired) electrons. The average Bonchev–Trinajstić information content (AvgIpc) is 3.17. The summed E-state index contributed by atoms with van der Waals surface area (Å²) in [6.45, 7) is 4.62. The van der Waals surface area contributed by atoms with Gasteiger partial charge in [-0.05, 0) is 44.5 Å². The fraction of sp³-hybridized carbons (Fsp3) is 0.478. The van der Waals surface area contributed by atoms with Gasteiger partial charge in [-0.1, -0.05) is 0 Å². The monoisotopic (exact) mass is 484 g/mol. The number of aryl methyl sites for hydroxylation is 1. The van der Waals surface area contributed by atoms with Crippen LogP contribution in [0.1, 0.15) is 24.6 Å². The van der Waals surface area contributed by atoms with Gasteiger partial charge in [-0.15, -0.1) is 0 Å². The molecule has 3 heterocycles. The number of ether oxygens (including phenoxy) is 1. The summed E-state index contributed by atoms with van der Waals surface area (Å²) in [6.07, 6.45) is -4.25. The van der Waals surface area contributed by atoms with Gasteiger partial charge in [0.15, 0.2) is 11.6 Å². The fourth-order valence-corrected chi connectivity index (χ4v) is 4.37. The smallest absolute Gasteiger partial charge is 0.378 e. The molecular formula is C23H25F5N4O2. The summed E-state index contributed by atoms with van der Waals surface area (Å²) in [7, 11) is 0. The molecule has 0 bridgehead atoms. The SMILES string of the molecule is CCN(C(=O)[C@@H]1C[C@H](NC2COC2)CN1c1cc(C(F)(F)F)cc(C)n1)c1ccc(F)c(F)c1. The van der Waals surface area contributed by atoms with Crippen LogP contribution < -0.4 is 15.1 Å². The highest BCUT2D eigenvalue weighted by Crippen LogP contribution is 2.34. The van der Waals surface area contributed by atoms with Gasteiger partial charge in [-0.3, -0.25) is 4.79 Å². The number of nitrogens with zero attached hydrogens (tertiary/aromatic N) is 3. The van der Waals surface area contributed by atoms with Crippen molar-refractivity contribution in [3.05, 3.63) is 53.2 Å². The third-order valence-electron chi connectivity index (χ3n) is 6.05. The molecule has 2 saturated heterocycles. The molecule has 2 aliphatic heterocycles. The first kappa shape index (κ1) is 24.3. The highest BCUT2D eigenvalue weighted by atomic mass is 19.4. The highest BCUT2D eigenvalue weighted by molar-refractivity contribution is 5.99. The Morgan fingerprint density at radius 2 is 1.91 bits per heavy atom. The number of benzene rings is 1. The Morgan fingerprint density at radius 1 is 1.18 bits per heavy atom. The van der Waals surface area contributed by atoms with Crippen LogP contribution >= 0.6 is 0 Å². The normalized spacial score (nSPS) is 21.0. The molecule has 34 heavy (non-hydrogen) atoms. The maximum Gasteiger partial charge on any atom is 0.416 e. The minimum atomic E-state index is -4.57. The molecule has 184 valence electrons. The maximum absolute atomic E-state index is 13.8. The summed E-state index contributed by atoms with van der Waals surface area (Å²) < 4.78 is 72.8. The Labute approximate surface area is 193 Å². The van der Waals surface area contributed by atoms with Crippen LogP contribution in [0, 0.1) is 18.6 Å². The second kappa shape index (κ2) is 9.46. The van der Waals surface area contributed by atoms with Crippen molar-refractivity contribution < 1.29 is 31.5 Å². The minimum Gasteiger partial charge on any atom is -0.378 e. The van der Waals surface area contributed by atoms with E-state index in [9.17, 15) is 26.7 Å². The molecule has 0 aliphatic carbocycles. The van der Waals surface area contributed by atoms with Gasteiger partial charge in [0.05, 0.1) is 24.8 Å². The third-order valence-corrected chi connectivity index (χ3v) is 6.05. The van der Waals surface area contributed by atoms with Crippen molar-refractivity contribution in [1.82, 2.24) is 10.3 Å². The largest absolute Gasteiger partial charge is 0.416 e. The van der Waals surface area contributed by atoms with Gasteiger partial charge in [0.25, 0.3) is 0 Å². The van der Waals surface area contributed by atoms with Gasteiger partial charge in [0, 0.05) is 36.6 Å². The summed E-state index contributed by atoms with van der Waals surface area (Å²) in [5.41, 5.74) is -0.505. The molecule has 0 saturated carbocycles. The zero-order valence-corrected chi connectivity index (χ0v) is 18.7. The first-order valence-electron chi connectivity index (χ1n) is 11.0. The number of carbonyl (C=O) groups excluding carboxylic acids is 1. The van der Waals surface area contributed by atoms with Crippen LogP contribution in [0.5, 0.6) is 0 Å². The molecule has 0 spiro atoms. The standard InChI is InChI=1S/C23H25F5N4O2/c1-3-31(17-4-5-18(24)19(25)9-17)22(33)20-8-15(30-16-11-34-12-16)10-32(20)21-7-14(23(26,27)28)6-13(2)29-21/h4-7,9,15-16,20,30H,3,8,10-12H2,1-2H3/t15-,20-/m0/s1. The molecule has 2 atom stereocenters. The lowest BCUT2D eigenvalue weighted by molar-refractivity contribution is -0.137. The molecule has 2 fully saturated rings. The van der Waals surface area contributed by atoms with E-state index in [1.807, 2.05) is 0 Å². The lowest BCUT2D eigenvalue weighted by Crippen LogP contribution is -2.51. The van der Waals surface area contributed by atoms with Crippen LogP contribution in [-0.2, 0) is 15.7 Å². The van der Waals surface area contributed by atoms with E-state index in [1.54, 1.807) is 11.8 Å². The molecule has 2 aromatic rings. The highest BCUT2D eigenvalue weighted by Gasteiger charge is 2.42. The zero-order chi connectivity index (χ0) is 24.6. The van der Waals surface area contributed by atoms with Gasteiger partial charge in [0.2, 0.25) is 5.91 Å². The third kappa shape index (κ3) is 5.00. The van der Waals surface area contributed by atoms with Crippen molar-refractivity contribution in [1.29, 1.82) is 0 Å². The number of aromatic nitrogens is 1. The van der Waals surface area contributed by atoms with Gasteiger partial charge < -0.3 is 19.9 Å². The lowest BCUT2D eigenvalue weighted by Gasteiger charge is -2.31. The lowest BCUT2D eigenvalue weighted by atomic mass is 10.1. The number of alkyl halides is 3. The van der Waals surface area contributed by atoms with Gasteiger partial charge in [0.1, 0.15) is 11.9 Å². The topological polar surface area (TPSA) is 57.7 Å². The summed E-state index contributed by atoms with van der Waals surface area (Å²) >= 11 is 0. The first-order valence-corrected chi connectivity index (χ1v) is 11.0. The zero-order valence-electron chi connectivity index (χ0n) is 18.7. The van der Waals surface area contributed by atoms with Gasteiger partial charge in [-0.25, -0.2) is 13.8 Å². The molecule has 0 unspecified atom stereocenters. The molecule has 1 aromatic heterocycles. The number of amides is 1. The predicted molar refractivity (Wildman–Crippen MR) is 116 cm³/mol. The second-order valence-electron chi connectivity index (χ2n) is 8.54. The van der Waals surface area contributed by atoms with E-state index in [0.29, 0.717) is 19.6 Å². The Hall–Kier alpha value is -2.79. The average molecular weight is 484 g/mol. The number of anilines is 2.